The van der Waals surface area contributed by atoms with Gasteiger partial charge in [0.25, 0.3) is 0 Å². The van der Waals surface area contributed by atoms with Crippen molar-refractivity contribution in [2.24, 2.45) is 0 Å². The van der Waals surface area contributed by atoms with Crippen LogP contribution >= 0.6 is 0 Å². The lowest BCUT2D eigenvalue weighted by Gasteiger charge is -2.41. The quantitative estimate of drug-likeness (QED) is 0.862. The molecule has 0 amide bonds. The minimum atomic E-state index is -0.863. The molecule has 1 aromatic rings. The van der Waals surface area contributed by atoms with Crippen LogP contribution in [0.5, 0.6) is 0 Å². The Bertz CT molecular complexity index is 606. The summed E-state index contributed by atoms with van der Waals surface area (Å²) in [5.74, 6) is 0. The van der Waals surface area contributed by atoms with Crippen molar-refractivity contribution < 1.29 is 5.11 Å². The van der Waals surface area contributed by atoms with Gasteiger partial charge in [-0.1, -0.05) is 24.3 Å². The van der Waals surface area contributed by atoms with Crippen molar-refractivity contribution >= 4 is 5.57 Å². The molecule has 3 rings (SSSR count). The summed E-state index contributed by atoms with van der Waals surface area (Å²) in [6, 6.07) is 9.66. The summed E-state index contributed by atoms with van der Waals surface area (Å²) in [4.78, 5) is 2.12. The topological polar surface area (TPSA) is 59.3 Å². The Morgan fingerprint density at radius 2 is 1.90 bits per heavy atom. The van der Waals surface area contributed by atoms with Gasteiger partial charge in [-0.3, -0.25) is 4.90 Å². The molecule has 0 spiro atoms. The lowest BCUT2D eigenvalue weighted by molar-refractivity contribution is -0.0713. The summed E-state index contributed by atoms with van der Waals surface area (Å²) in [7, 11) is 0. The fourth-order valence-corrected chi connectivity index (χ4v) is 2.86. The van der Waals surface area contributed by atoms with Crippen LogP contribution in [0.2, 0.25) is 0 Å². The van der Waals surface area contributed by atoms with Crippen LogP contribution in [0.15, 0.2) is 42.5 Å². The van der Waals surface area contributed by atoms with Gasteiger partial charge in [0, 0.05) is 32.6 Å². The highest BCUT2D eigenvalue weighted by molar-refractivity contribution is 5.75. The van der Waals surface area contributed by atoms with Gasteiger partial charge in [0.05, 0.1) is 11.6 Å². The summed E-state index contributed by atoms with van der Waals surface area (Å²) in [6.07, 6.45) is 6.54. The Morgan fingerprint density at radius 3 is 2.48 bits per heavy atom. The summed E-state index contributed by atoms with van der Waals surface area (Å²) < 4.78 is 0. The molecule has 0 saturated carbocycles. The van der Waals surface area contributed by atoms with Crippen molar-refractivity contribution in [2.45, 2.75) is 12.1 Å². The highest BCUT2D eigenvalue weighted by Crippen LogP contribution is 2.29. The van der Waals surface area contributed by atoms with Gasteiger partial charge in [-0.25, -0.2) is 0 Å². The average molecular weight is 281 g/mol. The highest BCUT2D eigenvalue weighted by Gasteiger charge is 2.33. The van der Waals surface area contributed by atoms with Crippen LogP contribution in [0.25, 0.3) is 5.57 Å². The number of aliphatic hydroxyl groups is 1. The lowest BCUT2D eigenvalue weighted by Crippen LogP contribution is -2.55. The first-order valence-corrected chi connectivity index (χ1v) is 7.29. The Labute approximate surface area is 125 Å². The second-order valence-electron chi connectivity index (χ2n) is 5.50. The van der Waals surface area contributed by atoms with E-state index < -0.39 is 5.72 Å². The predicted molar refractivity (Wildman–Crippen MR) is 82.3 cm³/mol. The highest BCUT2D eigenvalue weighted by atomic mass is 16.3. The number of hydrogen-bond donors (Lipinski definition) is 2. The van der Waals surface area contributed by atoms with E-state index in [1.54, 1.807) is 0 Å². The molecule has 2 aliphatic rings. The molecule has 0 aromatic heterocycles. The van der Waals surface area contributed by atoms with Crippen molar-refractivity contribution in [2.75, 3.05) is 26.2 Å². The first-order valence-electron chi connectivity index (χ1n) is 7.29. The van der Waals surface area contributed by atoms with E-state index in [0.29, 0.717) is 12.0 Å². The van der Waals surface area contributed by atoms with Gasteiger partial charge in [0.15, 0.2) is 0 Å². The first-order chi connectivity index (χ1) is 10.2. The van der Waals surface area contributed by atoms with Gasteiger partial charge in [0.1, 0.15) is 5.72 Å². The first kappa shape index (κ1) is 14.0. The zero-order chi connectivity index (χ0) is 14.7. The maximum absolute atomic E-state index is 10.8. The molecule has 0 bridgehead atoms. The number of nitrogens with one attached hydrogen (secondary N) is 1. The molecule has 1 aromatic carbocycles. The predicted octanol–water partition coefficient (Wildman–Crippen LogP) is 1.50. The van der Waals surface area contributed by atoms with E-state index in [0.717, 1.165) is 37.3 Å². The second kappa shape index (κ2) is 5.82. The van der Waals surface area contributed by atoms with Crippen molar-refractivity contribution in [3.8, 4) is 6.07 Å². The van der Waals surface area contributed by atoms with Crippen LogP contribution in [0.3, 0.4) is 0 Å². The largest absolute Gasteiger partial charge is 0.372 e. The minimum Gasteiger partial charge on any atom is -0.372 e. The standard InChI is InChI=1S/C17H19N3O/c18-13-14-1-3-15(4-2-14)16-5-7-17(21,8-6-16)20-11-9-19-10-12-20/h1-7,19,21H,8-12H2. The number of allylic oxidation sites excluding steroid dienone is 2. The molecular weight excluding hydrogens is 262 g/mol. The number of nitrogens with zero attached hydrogens (tertiary/aromatic N) is 2. The molecule has 4 nitrogen and oxygen atoms in total. The third-order valence-electron chi connectivity index (χ3n) is 4.16. The molecule has 1 unspecified atom stereocenters. The molecule has 1 atom stereocenters. The normalized spacial score (nSPS) is 26.2. The van der Waals surface area contributed by atoms with E-state index in [4.69, 9.17) is 5.26 Å². The number of rotatable bonds is 2. The third-order valence-corrected chi connectivity index (χ3v) is 4.16. The molecule has 4 heteroatoms. The minimum absolute atomic E-state index is 0.596. The third kappa shape index (κ3) is 2.91. The van der Waals surface area contributed by atoms with Gasteiger partial charge < -0.3 is 10.4 Å². The van der Waals surface area contributed by atoms with Crippen molar-refractivity contribution in [1.82, 2.24) is 10.2 Å². The van der Waals surface area contributed by atoms with Crippen molar-refractivity contribution in [3.63, 3.8) is 0 Å². The van der Waals surface area contributed by atoms with Crippen LogP contribution in [0.4, 0.5) is 0 Å². The molecule has 21 heavy (non-hydrogen) atoms. The fraction of sp³-hybridized carbons (Fsp3) is 0.353. The van der Waals surface area contributed by atoms with E-state index in [9.17, 15) is 5.11 Å². The van der Waals surface area contributed by atoms with Crippen LogP contribution in [0.1, 0.15) is 17.5 Å². The maximum Gasteiger partial charge on any atom is 0.141 e. The van der Waals surface area contributed by atoms with Gasteiger partial charge in [0.2, 0.25) is 0 Å². The molecule has 2 N–H and O–H groups in total. The number of benzene rings is 1. The number of piperazine rings is 1. The van der Waals surface area contributed by atoms with Gasteiger partial charge in [-0.05, 0) is 29.3 Å². The van der Waals surface area contributed by atoms with Crippen molar-refractivity contribution in [3.05, 3.63) is 53.6 Å². The van der Waals surface area contributed by atoms with E-state index in [-0.39, 0.29) is 0 Å². The number of hydrogen-bond acceptors (Lipinski definition) is 4. The van der Waals surface area contributed by atoms with Gasteiger partial charge in [-0.2, -0.15) is 5.26 Å². The Kier molecular flexibility index (Phi) is 3.89. The Morgan fingerprint density at radius 1 is 1.19 bits per heavy atom. The molecule has 1 aliphatic heterocycles. The molecule has 1 fully saturated rings. The zero-order valence-electron chi connectivity index (χ0n) is 11.9. The smallest absolute Gasteiger partial charge is 0.141 e. The number of nitriles is 1. The molecule has 108 valence electrons. The van der Waals surface area contributed by atoms with Crippen LogP contribution in [-0.2, 0) is 0 Å². The molecule has 1 heterocycles. The van der Waals surface area contributed by atoms with Gasteiger partial charge in [-0.15, -0.1) is 0 Å². The SMILES string of the molecule is N#Cc1ccc(C2=CCC(O)(N3CCNCC3)C=C2)cc1. The summed E-state index contributed by atoms with van der Waals surface area (Å²) >= 11 is 0. The zero-order valence-corrected chi connectivity index (χ0v) is 11.9. The summed E-state index contributed by atoms with van der Waals surface area (Å²) in [6.45, 7) is 3.56. The van der Waals surface area contributed by atoms with E-state index in [2.05, 4.69) is 22.4 Å². The van der Waals surface area contributed by atoms with Gasteiger partial charge >= 0.3 is 0 Å². The van der Waals surface area contributed by atoms with Crippen LogP contribution in [-0.4, -0.2) is 41.9 Å². The average Bonchev–Trinajstić information content (AvgIpc) is 2.57. The van der Waals surface area contributed by atoms with Crippen molar-refractivity contribution in [1.29, 1.82) is 5.26 Å². The van der Waals surface area contributed by atoms with Crippen LogP contribution in [0, 0.1) is 11.3 Å². The Balaban J connectivity index is 1.74. The van der Waals surface area contributed by atoms with E-state index in [1.165, 1.54) is 0 Å². The summed E-state index contributed by atoms with van der Waals surface area (Å²) in [5, 5.41) is 22.9. The van der Waals surface area contributed by atoms with Crippen LogP contribution < -0.4 is 5.32 Å². The Hall–Kier alpha value is -1.93. The van der Waals surface area contributed by atoms with E-state index >= 15 is 0 Å². The second-order valence-corrected chi connectivity index (χ2v) is 5.50. The summed E-state index contributed by atoms with van der Waals surface area (Å²) in [5.41, 5.74) is 1.97. The lowest BCUT2D eigenvalue weighted by atomic mass is 9.93. The molecular formula is C17H19N3O. The molecule has 1 aliphatic carbocycles. The maximum atomic E-state index is 10.8. The van der Waals surface area contributed by atoms with E-state index in [1.807, 2.05) is 36.4 Å². The fourth-order valence-electron chi connectivity index (χ4n) is 2.86. The molecule has 0 radical (unpaired) electrons. The molecule has 1 saturated heterocycles. The monoisotopic (exact) mass is 281 g/mol.